The summed E-state index contributed by atoms with van der Waals surface area (Å²) < 4.78 is 65.2. The van der Waals surface area contributed by atoms with E-state index in [0.717, 1.165) is 17.4 Å². The number of aromatic nitrogens is 2. The fourth-order valence-electron chi connectivity index (χ4n) is 2.94. The molecule has 0 radical (unpaired) electrons. The predicted octanol–water partition coefficient (Wildman–Crippen LogP) is 1.22. The molecule has 1 aliphatic rings. The molecular formula is C15H23F3N4O3S. The summed E-state index contributed by atoms with van der Waals surface area (Å²) in [7, 11) is -3.42. The third-order valence-electron chi connectivity index (χ3n) is 4.07. The number of halogens is 3. The molecule has 148 valence electrons. The van der Waals surface area contributed by atoms with Crippen molar-refractivity contribution in [1.29, 1.82) is 0 Å². The van der Waals surface area contributed by atoms with Gasteiger partial charge in [0.2, 0.25) is 15.9 Å². The summed E-state index contributed by atoms with van der Waals surface area (Å²) in [5, 5.41) is 6.26. The summed E-state index contributed by atoms with van der Waals surface area (Å²) in [6, 6.07) is 0. The minimum absolute atomic E-state index is 0.0391. The van der Waals surface area contributed by atoms with Crippen LogP contribution in [0.4, 0.5) is 13.2 Å². The molecule has 0 saturated carbocycles. The second kappa shape index (κ2) is 7.18. The smallest absolute Gasteiger partial charge is 0.348 e. The van der Waals surface area contributed by atoms with Crippen LogP contribution in [0.2, 0.25) is 0 Å². The number of sulfonamides is 1. The van der Waals surface area contributed by atoms with Crippen LogP contribution in [0.3, 0.4) is 0 Å². The predicted molar refractivity (Wildman–Crippen MR) is 88.9 cm³/mol. The van der Waals surface area contributed by atoms with E-state index in [1.165, 1.54) is 0 Å². The van der Waals surface area contributed by atoms with Crippen LogP contribution in [0.1, 0.15) is 43.6 Å². The summed E-state index contributed by atoms with van der Waals surface area (Å²) in [5.41, 5.74) is -1.20. The second-order valence-electron chi connectivity index (χ2n) is 7.16. The Morgan fingerprint density at radius 2 is 1.85 bits per heavy atom. The fraction of sp³-hybridized carbons (Fsp3) is 0.733. The molecule has 26 heavy (non-hydrogen) atoms. The van der Waals surface area contributed by atoms with Crippen LogP contribution in [0.5, 0.6) is 0 Å². The van der Waals surface area contributed by atoms with Gasteiger partial charge in [0.15, 0.2) is 5.69 Å². The van der Waals surface area contributed by atoms with Crippen molar-refractivity contribution in [3.63, 3.8) is 0 Å². The monoisotopic (exact) mass is 396 g/mol. The molecule has 0 spiro atoms. The molecule has 1 aliphatic carbocycles. The second-order valence-corrected chi connectivity index (χ2v) is 8.99. The Morgan fingerprint density at radius 3 is 2.42 bits per heavy atom. The number of hydrogen-bond acceptors (Lipinski definition) is 4. The summed E-state index contributed by atoms with van der Waals surface area (Å²) in [4.78, 5) is 12.3. The van der Waals surface area contributed by atoms with E-state index in [4.69, 9.17) is 0 Å². The van der Waals surface area contributed by atoms with Crippen LogP contribution in [0.25, 0.3) is 0 Å². The molecule has 2 rings (SSSR count). The molecule has 1 heterocycles. The van der Waals surface area contributed by atoms with Crippen LogP contribution < -0.4 is 10.0 Å². The highest BCUT2D eigenvalue weighted by atomic mass is 32.2. The van der Waals surface area contributed by atoms with Crippen LogP contribution in [0, 0.1) is 0 Å². The summed E-state index contributed by atoms with van der Waals surface area (Å²) in [6.45, 7) is 2.84. The van der Waals surface area contributed by atoms with Crippen molar-refractivity contribution in [2.75, 3.05) is 12.8 Å². The van der Waals surface area contributed by atoms with Gasteiger partial charge in [0, 0.05) is 23.3 Å². The number of nitrogens with one attached hydrogen (secondary N) is 2. The van der Waals surface area contributed by atoms with Crippen molar-refractivity contribution < 1.29 is 26.4 Å². The summed E-state index contributed by atoms with van der Waals surface area (Å²) in [6.07, 6.45) is -1.39. The molecule has 0 bridgehead atoms. The largest absolute Gasteiger partial charge is 0.435 e. The van der Waals surface area contributed by atoms with Gasteiger partial charge in [-0.3, -0.25) is 9.48 Å². The van der Waals surface area contributed by atoms with Gasteiger partial charge in [-0.05, 0) is 39.5 Å². The van der Waals surface area contributed by atoms with E-state index in [9.17, 15) is 26.4 Å². The van der Waals surface area contributed by atoms with E-state index in [1.54, 1.807) is 13.8 Å². The zero-order valence-corrected chi connectivity index (χ0v) is 15.7. The first-order valence-corrected chi connectivity index (χ1v) is 10.1. The average Bonchev–Trinajstić information content (AvgIpc) is 2.83. The van der Waals surface area contributed by atoms with E-state index in [-0.39, 0.29) is 18.7 Å². The van der Waals surface area contributed by atoms with E-state index >= 15 is 0 Å². The highest BCUT2D eigenvalue weighted by Gasteiger charge is 2.39. The number of rotatable bonds is 6. The molecule has 11 heteroatoms. The molecule has 1 aromatic rings. The van der Waals surface area contributed by atoms with E-state index in [2.05, 4.69) is 15.1 Å². The van der Waals surface area contributed by atoms with Gasteiger partial charge in [0.1, 0.15) is 6.54 Å². The molecule has 0 saturated heterocycles. The zero-order chi connectivity index (χ0) is 19.8. The van der Waals surface area contributed by atoms with Gasteiger partial charge in [-0.1, -0.05) is 0 Å². The maximum absolute atomic E-state index is 13.2. The van der Waals surface area contributed by atoms with E-state index in [0.29, 0.717) is 25.0 Å². The molecule has 1 amide bonds. The minimum Gasteiger partial charge on any atom is -0.348 e. The zero-order valence-electron chi connectivity index (χ0n) is 14.9. The first-order valence-electron chi connectivity index (χ1n) is 8.20. The van der Waals surface area contributed by atoms with E-state index in [1.807, 2.05) is 0 Å². The van der Waals surface area contributed by atoms with Crippen molar-refractivity contribution in [3.05, 3.63) is 17.0 Å². The van der Waals surface area contributed by atoms with Crippen LogP contribution >= 0.6 is 0 Å². The number of carbonyl (C=O) groups excluding carboxylic acids is 1. The van der Waals surface area contributed by atoms with Crippen molar-refractivity contribution >= 4 is 15.9 Å². The van der Waals surface area contributed by atoms with Gasteiger partial charge in [-0.15, -0.1) is 0 Å². The molecule has 0 unspecified atom stereocenters. The standard InChI is InChI=1S/C15H23F3N4O3S/c1-14(2,9-19-26(3,24)25)20-12(23)8-22-11-7-5-4-6-10(11)13(21-22)15(16,17)18/h19H,4-9H2,1-3H3,(H,20,23). The number of nitrogens with zero attached hydrogens (tertiary/aromatic N) is 2. The maximum Gasteiger partial charge on any atom is 0.435 e. The fourth-order valence-corrected chi connectivity index (χ4v) is 3.56. The van der Waals surface area contributed by atoms with Crippen LogP contribution in [-0.4, -0.2) is 42.4 Å². The lowest BCUT2D eigenvalue weighted by Crippen LogP contribution is -2.52. The third kappa shape index (κ3) is 5.44. The Morgan fingerprint density at radius 1 is 1.23 bits per heavy atom. The number of amides is 1. The molecular weight excluding hydrogens is 373 g/mol. The van der Waals surface area contributed by atoms with Crippen molar-refractivity contribution in [2.45, 2.75) is 57.8 Å². The highest BCUT2D eigenvalue weighted by molar-refractivity contribution is 7.88. The Kier molecular flexibility index (Phi) is 5.71. The molecule has 0 aliphatic heterocycles. The lowest BCUT2D eigenvalue weighted by atomic mass is 9.95. The summed E-state index contributed by atoms with van der Waals surface area (Å²) >= 11 is 0. The van der Waals surface area contributed by atoms with Gasteiger partial charge in [-0.2, -0.15) is 18.3 Å². The van der Waals surface area contributed by atoms with E-state index < -0.39 is 33.3 Å². The number of alkyl halides is 3. The van der Waals surface area contributed by atoms with Gasteiger partial charge in [-0.25, -0.2) is 13.1 Å². The van der Waals surface area contributed by atoms with Crippen LogP contribution in [-0.2, 0) is 40.4 Å². The Bertz CT molecular complexity index is 785. The van der Waals surface area contributed by atoms with Crippen LogP contribution in [0.15, 0.2) is 0 Å². The molecule has 0 aromatic carbocycles. The Hall–Kier alpha value is -1.62. The van der Waals surface area contributed by atoms with Gasteiger partial charge in [0.25, 0.3) is 0 Å². The quantitative estimate of drug-likeness (QED) is 0.756. The lowest BCUT2D eigenvalue weighted by Gasteiger charge is -2.26. The SMILES string of the molecule is CC(C)(CNS(C)(=O)=O)NC(=O)Cn1nc(C(F)(F)F)c2c1CCCC2. The maximum atomic E-state index is 13.2. The Balaban J connectivity index is 2.13. The lowest BCUT2D eigenvalue weighted by molar-refractivity contribution is -0.142. The molecule has 1 aromatic heterocycles. The molecule has 2 N–H and O–H groups in total. The third-order valence-corrected chi connectivity index (χ3v) is 4.74. The van der Waals surface area contributed by atoms with Gasteiger partial charge >= 0.3 is 6.18 Å². The first-order chi connectivity index (χ1) is 11.8. The van der Waals surface area contributed by atoms with Gasteiger partial charge in [0.05, 0.1) is 6.26 Å². The minimum atomic E-state index is -4.55. The highest BCUT2D eigenvalue weighted by Crippen LogP contribution is 2.35. The normalized spacial score (nSPS) is 15.6. The number of carbonyl (C=O) groups is 1. The average molecular weight is 396 g/mol. The van der Waals surface area contributed by atoms with Crippen molar-refractivity contribution in [2.24, 2.45) is 0 Å². The molecule has 0 atom stereocenters. The molecule has 7 nitrogen and oxygen atoms in total. The van der Waals surface area contributed by atoms with Crippen molar-refractivity contribution in [1.82, 2.24) is 19.8 Å². The summed E-state index contributed by atoms with van der Waals surface area (Å²) in [5.74, 6) is -0.533. The van der Waals surface area contributed by atoms with Gasteiger partial charge < -0.3 is 5.32 Å². The Labute approximate surface area is 150 Å². The topological polar surface area (TPSA) is 93.1 Å². The van der Waals surface area contributed by atoms with Crippen molar-refractivity contribution in [3.8, 4) is 0 Å². The first kappa shape index (κ1) is 20.7. The molecule has 0 fully saturated rings. The number of hydrogen-bond donors (Lipinski definition) is 2. The number of fused-ring (bicyclic) bond motifs is 1.